The number of nitrogens with zero attached hydrogens (tertiary/aromatic N) is 1. The van der Waals surface area contributed by atoms with Crippen LogP contribution < -0.4 is 5.32 Å². The highest BCUT2D eigenvalue weighted by Crippen LogP contribution is 2.48. The number of hydrogen-bond acceptors (Lipinski definition) is 5. The average molecular weight is 481 g/mol. The summed E-state index contributed by atoms with van der Waals surface area (Å²) < 4.78 is 5.53. The molecule has 0 aliphatic heterocycles. The largest absolute Gasteiger partial charge is 0.481 e. The molecule has 0 radical (unpaired) electrons. The number of carboxylic acid groups (broad SMARTS) is 1. The van der Waals surface area contributed by atoms with Gasteiger partial charge in [0.2, 0.25) is 0 Å². The predicted molar refractivity (Wildman–Crippen MR) is 136 cm³/mol. The molecule has 2 unspecified atom stereocenters. The number of hydrogen-bond donors (Lipinski definition) is 3. The van der Waals surface area contributed by atoms with Crippen molar-refractivity contribution in [2.75, 3.05) is 6.54 Å². The van der Waals surface area contributed by atoms with Crippen LogP contribution in [0.25, 0.3) is 22.5 Å². The molecular formula is C30H28N2O4. The average Bonchev–Trinajstić information content (AvgIpc) is 3.40. The SMILES string of the molecule is O=C(O)C1(c2ccc(-c3ccc(-c4oncc4C(O)CNC4CCc5ccccc54)cc3)cc2)CC1. The van der Waals surface area contributed by atoms with Gasteiger partial charge in [0, 0.05) is 23.7 Å². The first-order chi connectivity index (χ1) is 17.5. The number of aliphatic carboxylic acids is 1. The van der Waals surface area contributed by atoms with Crippen molar-refractivity contribution < 1.29 is 19.5 Å². The molecule has 6 rings (SSSR count). The maximum absolute atomic E-state index is 11.6. The highest BCUT2D eigenvalue weighted by Gasteiger charge is 2.51. The fourth-order valence-corrected chi connectivity index (χ4v) is 5.38. The summed E-state index contributed by atoms with van der Waals surface area (Å²) in [5.41, 5.74) is 6.41. The van der Waals surface area contributed by atoms with Crippen LogP contribution in [0.5, 0.6) is 0 Å². The van der Waals surface area contributed by atoms with Crippen LogP contribution >= 0.6 is 0 Å². The predicted octanol–water partition coefficient (Wildman–Crippen LogP) is 5.44. The van der Waals surface area contributed by atoms with Crippen LogP contribution in [0.15, 0.2) is 83.5 Å². The Balaban J connectivity index is 1.14. The Labute approximate surface area is 209 Å². The molecule has 0 spiro atoms. The zero-order valence-corrected chi connectivity index (χ0v) is 19.9. The van der Waals surface area contributed by atoms with E-state index in [1.807, 2.05) is 48.5 Å². The van der Waals surface area contributed by atoms with E-state index in [1.54, 1.807) is 6.20 Å². The number of aliphatic hydroxyl groups excluding tert-OH is 1. The Bertz CT molecular complexity index is 1390. The van der Waals surface area contributed by atoms with E-state index in [0.29, 0.717) is 30.7 Å². The first-order valence-electron chi connectivity index (χ1n) is 12.4. The molecular weight excluding hydrogens is 452 g/mol. The molecule has 1 fully saturated rings. The van der Waals surface area contributed by atoms with E-state index in [2.05, 4.69) is 34.7 Å². The number of fused-ring (bicyclic) bond motifs is 1. The summed E-state index contributed by atoms with van der Waals surface area (Å²) in [5, 5.41) is 27.9. The first-order valence-corrected chi connectivity index (χ1v) is 12.4. The minimum absolute atomic E-state index is 0.245. The summed E-state index contributed by atoms with van der Waals surface area (Å²) in [4.78, 5) is 11.6. The van der Waals surface area contributed by atoms with Crippen LogP contribution in [0.4, 0.5) is 0 Å². The third-order valence-corrected chi connectivity index (χ3v) is 7.72. The summed E-state index contributed by atoms with van der Waals surface area (Å²) in [6.45, 7) is 0.412. The third-order valence-electron chi connectivity index (χ3n) is 7.72. The number of aromatic nitrogens is 1. The van der Waals surface area contributed by atoms with Crippen LogP contribution in [-0.4, -0.2) is 27.9 Å². The Morgan fingerprint density at radius 1 is 1.00 bits per heavy atom. The molecule has 0 saturated heterocycles. The lowest BCUT2D eigenvalue weighted by Crippen LogP contribution is -2.25. The van der Waals surface area contributed by atoms with Gasteiger partial charge in [-0.3, -0.25) is 4.79 Å². The van der Waals surface area contributed by atoms with Crippen molar-refractivity contribution in [1.82, 2.24) is 10.5 Å². The first kappa shape index (κ1) is 22.7. The van der Waals surface area contributed by atoms with Crippen molar-refractivity contribution in [3.8, 4) is 22.5 Å². The molecule has 3 aromatic carbocycles. The van der Waals surface area contributed by atoms with Crippen molar-refractivity contribution in [1.29, 1.82) is 0 Å². The molecule has 1 heterocycles. The lowest BCUT2D eigenvalue weighted by atomic mass is 9.93. The van der Waals surface area contributed by atoms with Gasteiger partial charge in [-0.15, -0.1) is 0 Å². The number of rotatable bonds is 8. The van der Waals surface area contributed by atoms with Gasteiger partial charge in [-0.05, 0) is 53.5 Å². The molecule has 0 bridgehead atoms. The third kappa shape index (κ3) is 4.02. The van der Waals surface area contributed by atoms with Crippen LogP contribution in [-0.2, 0) is 16.6 Å². The Hall–Kier alpha value is -3.74. The number of carbonyl (C=O) groups is 1. The topological polar surface area (TPSA) is 95.6 Å². The van der Waals surface area contributed by atoms with E-state index in [4.69, 9.17) is 4.52 Å². The quantitative estimate of drug-likeness (QED) is 0.311. The monoisotopic (exact) mass is 480 g/mol. The number of aliphatic hydroxyl groups is 1. The van der Waals surface area contributed by atoms with Crippen LogP contribution in [0, 0.1) is 0 Å². The minimum atomic E-state index is -0.743. The van der Waals surface area contributed by atoms with Gasteiger partial charge in [0.05, 0.1) is 17.7 Å². The number of carboxylic acids is 1. The molecule has 6 heteroatoms. The summed E-state index contributed by atoms with van der Waals surface area (Å²) in [6, 6.07) is 24.4. The zero-order valence-electron chi connectivity index (χ0n) is 19.9. The molecule has 36 heavy (non-hydrogen) atoms. The van der Waals surface area contributed by atoms with Gasteiger partial charge in [0.1, 0.15) is 0 Å². The van der Waals surface area contributed by atoms with E-state index in [-0.39, 0.29) is 6.04 Å². The molecule has 2 atom stereocenters. The second kappa shape index (κ2) is 9.04. The standard InChI is InChI=1S/C30H28N2O4/c33-27(18-31-26-14-11-21-3-1-2-4-24(21)26)25-17-32-36-28(25)22-7-5-19(6-8-22)20-9-12-23(13-10-20)30(15-16-30)29(34)35/h1-10,12-13,17,26-27,31,33H,11,14-16,18H2,(H,34,35). The molecule has 2 aliphatic carbocycles. The van der Waals surface area contributed by atoms with Gasteiger partial charge in [-0.2, -0.15) is 0 Å². The summed E-state index contributed by atoms with van der Waals surface area (Å²) in [6.07, 6.45) is 4.33. The van der Waals surface area contributed by atoms with Crippen molar-refractivity contribution >= 4 is 5.97 Å². The van der Waals surface area contributed by atoms with Crippen LogP contribution in [0.1, 0.15) is 53.7 Å². The van der Waals surface area contributed by atoms with E-state index in [1.165, 1.54) is 11.1 Å². The van der Waals surface area contributed by atoms with Gasteiger partial charge in [0.15, 0.2) is 5.76 Å². The molecule has 4 aromatic rings. The number of aryl methyl sites for hydroxylation is 1. The fourth-order valence-electron chi connectivity index (χ4n) is 5.38. The Morgan fingerprint density at radius 3 is 2.36 bits per heavy atom. The maximum Gasteiger partial charge on any atom is 0.314 e. The summed E-state index contributed by atoms with van der Waals surface area (Å²) in [5.74, 6) is -0.178. The van der Waals surface area contributed by atoms with E-state index < -0.39 is 17.5 Å². The van der Waals surface area contributed by atoms with E-state index >= 15 is 0 Å². The summed E-state index contributed by atoms with van der Waals surface area (Å²) >= 11 is 0. The van der Waals surface area contributed by atoms with Crippen LogP contribution in [0.3, 0.4) is 0 Å². The van der Waals surface area contributed by atoms with Crippen molar-refractivity contribution in [3.63, 3.8) is 0 Å². The summed E-state index contributed by atoms with van der Waals surface area (Å²) in [7, 11) is 0. The molecule has 1 saturated carbocycles. The number of benzene rings is 3. The maximum atomic E-state index is 11.6. The number of nitrogens with one attached hydrogen (secondary N) is 1. The molecule has 2 aliphatic rings. The second-order valence-electron chi connectivity index (χ2n) is 9.87. The smallest absolute Gasteiger partial charge is 0.314 e. The van der Waals surface area contributed by atoms with Gasteiger partial charge >= 0.3 is 5.97 Å². The molecule has 182 valence electrons. The van der Waals surface area contributed by atoms with Crippen molar-refractivity contribution in [2.24, 2.45) is 0 Å². The van der Waals surface area contributed by atoms with Gasteiger partial charge in [0.25, 0.3) is 0 Å². The van der Waals surface area contributed by atoms with E-state index in [0.717, 1.165) is 35.1 Å². The van der Waals surface area contributed by atoms with Crippen molar-refractivity contribution in [2.45, 2.75) is 43.2 Å². The Kier molecular flexibility index (Phi) is 5.70. The second-order valence-corrected chi connectivity index (χ2v) is 9.87. The lowest BCUT2D eigenvalue weighted by Gasteiger charge is -2.17. The molecule has 3 N–H and O–H groups in total. The van der Waals surface area contributed by atoms with E-state index in [9.17, 15) is 15.0 Å². The fraction of sp³-hybridized carbons (Fsp3) is 0.267. The Morgan fingerprint density at radius 2 is 1.67 bits per heavy atom. The molecule has 6 nitrogen and oxygen atoms in total. The highest BCUT2D eigenvalue weighted by molar-refractivity contribution is 5.85. The van der Waals surface area contributed by atoms with Gasteiger partial charge < -0.3 is 20.1 Å². The highest BCUT2D eigenvalue weighted by atomic mass is 16.5. The lowest BCUT2D eigenvalue weighted by molar-refractivity contribution is -0.140. The van der Waals surface area contributed by atoms with Crippen molar-refractivity contribution in [3.05, 3.63) is 101 Å². The van der Waals surface area contributed by atoms with Gasteiger partial charge in [-0.25, -0.2) is 0 Å². The molecule has 0 amide bonds. The van der Waals surface area contributed by atoms with Crippen LogP contribution in [0.2, 0.25) is 0 Å². The normalized spacial score (nSPS) is 18.5. The van der Waals surface area contributed by atoms with Gasteiger partial charge in [-0.1, -0.05) is 78.0 Å². The molecule has 1 aromatic heterocycles. The minimum Gasteiger partial charge on any atom is -0.481 e. The zero-order chi connectivity index (χ0) is 24.7.